The molecule has 6 aromatic rings. The fourth-order valence-electron chi connectivity index (χ4n) is 22.4. The summed E-state index contributed by atoms with van der Waals surface area (Å²) in [6.07, 6.45) is 29.4. The number of benzene rings is 4. The van der Waals surface area contributed by atoms with E-state index in [1.54, 1.807) is 18.2 Å². The first-order chi connectivity index (χ1) is 47.1. The van der Waals surface area contributed by atoms with E-state index in [0.717, 1.165) is 115 Å². The van der Waals surface area contributed by atoms with E-state index in [1.807, 2.05) is 48.8 Å². The molecule has 1 saturated heterocycles. The van der Waals surface area contributed by atoms with Gasteiger partial charge in [0.05, 0.1) is 29.6 Å². The zero-order chi connectivity index (χ0) is 66.0. The van der Waals surface area contributed by atoms with E-state index in [1.165, 1.54) is 63.4 Å². The van der Waals surface area contributed by atoms with E-state index in [0.29, 0.717) is 59.3 Å². The first-order valence-electron chi connectivity index (χ1n) is 37.2. The van der Waals surface area contributed by atoms with Crippen molar-refractivity contribution in [1.82, 2.24) is 15.3 Å². The second-order valence-electron chi connectivity index (χ2n) is 32.4. The predicted molar refractivity (Wildman–Crippen MR) is 376 cm³/mol. The summed E-state index contributed by atoms with van der Waals surface area (Å²) in [5.74, 6) is 4.67. The Morgan fingerprint density at radius 3 is 2.35 bits per heavy atom. The van der Waals surface area contributed by atoms with Gasteiger partial charge in [-0.25, -0.2) is 0 Å². The van der Waals surface area contributed by atoms with Gasteiger partial charge in [0, 0.05) is 72.0 Å². The van der Waals surface area contributed by atoms with Crippen molar-refractivity contribution in [3.05, 3.63) is 164 Å². The highest BCUT2D eigenvalue weighted by atomic mass is 16.5. The van der Waals surface area contributed by atoms with Gasteiger partial charge in [0.2, 0.25) is 0 Å². The monoisotopic (exact) mass is 1300 g/mol. The van der Waals surface area contributed by atoms with Gasteiger partial charge >= 0.3 is 0 Å². The summed E-state index contributed by atoms with van der Waals surface area (Å²) in [4.78, 5) is 39.5. The summed E-state index contributed by atoms with van der Waals surface area (Å²) >= 11 is 0. The summed E-state index contributed by atoms with van der Waals surface area (Å²) in [5, 5.41) is 85.1. The number of carbonyl (C=O) groups is 2. The van der Waals surface area contributed by atoms with E-state index in [2.05, 4.69) is 74.9 Å². The number of hydrogen-bond donors (Lipinski definition) is 10. The van der Waals surface area contributed by atoms with Crippen LogP contribution in [0, 0.1) is 51.8 Å². The minimum Gasteiger partial charge on any atom is -0.507 e. The van der Waals surface area contributed by atoms with Gasteiger partial charge < -0.3 is 56.0 Å². The van der Waals surface area contributed by atoms with Crippen LogP contribution in [-0.2, 0) is 40.7 Å². The van der Waals surface area contributed by atoms with Crippen LogP contribution in [0.4, 0.5) is 5.82 Å². The lowest BCUT2D eigenvalue weighted by Gasteiger charge is -2.45. The number of aromatic amines is 2. The molecule has 5 saturated carbocycles. The fraction of sp³-hybridized carbons (Fsp3) is 0.524. The number of nitrogens with one attached hydrogen (secondary N) is 4. The van der Waals surface area contributed by atoms with E-state index < -0.39 is 59.5 Å². The maximum atomic E-state index is 16.8. The molecule has 0 radical (unpaired) electrons. The molecule has 13 unspecified atom stereocenters. The molecular weight excluding hydrogens is 1210 g/mol. The number of rotatable bonds is 6. The predicted octanol–water partition coefficient (Wildman–Crippen LogP) is 14.1. The molecular formula is C84H96N4O9. The molecule has 97 heavy (non-hydrogen) atoms. The second kappa shape index (κ2) is 24.6. The van der Waals surface area contributed by atoms with E-state index >= 15 is 9.59 Å². The highest BCUT2D eigenvalue weighted by molar-refractivity contribution is 6.05. The Hall–Kier alpha value is -7.18. The number of H-pyrrole nitrogens is 2. The molecule has 8 aliphatic carbocycles. The van der Waals surface area contributed by atoms with Gasteiger partial charge in [-0.05, 0) is 274 Å². The number of aromatic hydroxyl groups is 2. The van der Waals surface area contributed by atoms with Crippen molar-refractivity contribution in [2.75, 3.05) is 18.5 Å². The van der Waals surface area contributed by atoms with Crippen LogP contribution in [0.5, 0.6) is 17.2 Å². The largest absolute Gasteiger partial charge is 0.507 e. The number of fused-ring (bicyclic) bond motifs is 11. The molecule has 0 amide bonds. The van der Waals surface area contributed by atoms with Crippen molar-refractivity contribution < 1.29 is 45.0 Å². The molecule has 4 aliphatic heterocycles. The van der Waals surface area contributed by atoms with Crippen molar-refractivity contribution in [3.63, 3.8) is 0 Å². The number of aliphatic hydroxyl groups is 4. The van der Waals surface area contributed by atoms with Crippen molar-refractivity contribution >= 4 is 29.5 Å². The summed E-state index contributed by atoms with van der Waals surface area (Å²) in [7, 11) is 0. The summed E-state index contributed by atoms with van der Waals surface area (Å²) in [6.45, 7) is 0.277. The zero-order valence-corrected chi connectivity index (χ0v) is 56.1. The molecule has 12 aliphatic rings. The Labute approximate surface area is 570 Å². The van der Waals surface area contributed by atoms with E-state index in [4.69, 9.17) is 4.74 Å². The van der Waals surface area contributed by atoms with Crippen LogP contribution in [0.15, 0.2) is 103 Å². The van der Waals surface area contributed by atoms with Crippen molar-refractivity contribution in [3.8, 4) is 40.2 Å². The quantitative estimate of drug-likeness (QED) is 0.0558. The molecule has 4 spiro atoms. The van der Waals surface area contributed by atoms with Gasteiger partial charge in [-0.3, -0.25) is 9.59 Å². The Kier molecular flexibility index (Phi) is 16.1. The summed E-state index contributed by atoms with van der Waals surface area (Å²) < 4.78 is 6.80. The zero-order valence-electron chi connectivity index (χ0n) is 56.1. The standard InChI is InChI=1S/C84H96N4O9/c89-38-25-61-72(91)20-16-50-40-65(76(93)73(41-50)97-56-11-2-3-12-56)75(92)63-43-55-42-54-23-36-86-79(54)88-69(64-45-70-59(24-37-85-70)66(74(64)77(61)94)46-83(96)30-21-52-10-7-14-71(90)58(52)22-31-83)19-17-60-68-18-15-51(47-87-68)39-53-9-1-4-13-57(53)62(63)44-67(55)84(78(60)95)35-33-80(49-84)32-34-82(48-80)29-8-28-81(82)26-5-6-27-81/h1,4,7,9-10,13-14,22-24,31,36-37,40-41,43-45,51,56,60-61,66,68-69,74-75,78,85-90,92-93,95-96H,2-3,5-6,8,11-12,15-16,18,20-21,25-30,32-35,38-39,42,46-49H2. The van der Waals surface area contributed by atoms with Gasteiger partial charge in [-0.1, -0.05) is 85.7 Å². The number of aromatic nitrogens is 2. The number of Topliss-reactive ketones (excluding diaryl/α,β-unsaturated/α-hetero) is 2. The summed E-state index contributed by atoms with van der Waals surface area (Å²) in [6, 6.07) is 25.4. The number of phenolic OH excluding ortho intramolecular Hbond substituents is 2. The third-order valence-corrected chi connectivity index (χ3v) is 27.3. The number of aryl methyl sites for hydroxylation is 2. The molecule has 6 fully saturated rings. The average Bonchev–Trinajstić information content (AvgIpc) is 1.55. The Morgan fingerprint density at radius 1 is 0.691 bits per heavy atom. The van der Waals surface area contributed by atoms with Crippen LogP contribution >= 0.6 is 0 Å². The second-order valence-corrected chi connectivity index (χ2v) is 32.4. The van der Waals surface area contributed by atoms with Crippen LogP contribution in [0.25, 0.3) is 23.3 Å². The number of ketones is 2. The number of carbonyl (C=O) groups excluding carboxylic acids is 2. The molecule has 6 heterocycles. The molecule has 18 rings (SSSR count). The maximum Gasteiger partial charge on any atom is 0.163 e. The van der Waals surface area contributed by atoms with Crippen molar-refractivity contribution in [1.29, 1.82) is 0 Å². The van der Waals surface area contributed by atoms with Gasteiger partial charge in [-0.15, -0.1) is 0 Å². The Balaban J connectivity index is 0.915. The lowest BCUT2D eigenvalue weighted by Crippen LogP contribution is -2.53. The number of phenols is 2. The average molecular weight is 1310 g/mol. The number of hydrogen-bond acceptors (Lipinski definition) is 11. The number of ether oxygens (including phenoxy) is 1. The lowest BCUT2D eigenvalue weighted by atomic mass is 9.60. The van der Waals surface area contributed by atoms with Gasteiger partial charge in [0.25, 0.3) is 0 Å². The van der Waals surface area contributed by atoms with Crippen LogP contribution in [0.3, 0.4) is 0 Å². The molecule has 506 valence electrons. The van der Waals surface area contributed by atoms with Gasteiger partial charge in [0.1, 0.15) is 29.5 Å². The third-order valence-electron chi connectivity index (χ3n) is 27.3. The highest BCUT2D eigenvalue weighted by Crippen LogP contribution is 2.75. The topological polar surface area (TPSA) is 220 Å². The maximum absolute atomic E-state index is 16.8. The molecule has 10 bridgehead atoms. The molecule has 2 aromatic heterocycles. The highest BCUT2D eigenvalue weighted by Gasteiger charge is 2.65. The van der Waals surface area contributed by atoms with Gasteiger partial charge in [-0.2, -0.15) is 0 Å². The SMILES string of the molecule is O=C1CCc2cc(OC3CCCC3)c(O)c(c2)C(O)c2cc3c4cc2-c2ccccc2CC2CCC(NC2)C(C#CC(Nc2[nH]ccc2C3)C2=Cc3[nH]ccc3C(CC3(O)C=Cc5c(O)cccc5CC3)C2C(=O)C1CCO)C(O)C41CCC2(CCC3(CCCC34CCCC4)C2)C1. The lowest BCUT2D eigenvalue weighted by molar-refractivity contribution is -0.135. The van der Waals surface area contributed by atoms with E-state index in [9.17, 15) is 30.6 Å². The Morgan fingerprint density at radius 2 is 1.51 bits per heavy atom. The molecule has 13 heteroatoms. The first kappa shape index (κ1) is 63.3. The molecule has 13 atom stereocenters. The van der Waals surface area contributed by atoms with Crippen LogP contribution in [0.2, 0.25) is 0 Å². The fourth-order valence-corrected chi connectivity index (χ4v) is 22.4. The molecule has 13 nitrogen and oxygen atoms in total. The normalized spacial score (nSPS) is 33.3. The van der Waals surface area contributed by atoms with Crippen molar-refractivity contribution in [2.45, 2.75) is 221 Å². The minimum atomic E-state index is -1.48. The number of anilines is 1. The van der Waals surface area contributed by atoms with Crippen LogP contribution < -0.4 is 15.4 Å². The number of aliphatic hydroxyl groups excluding tert-OH is 3. The van der Waals surface area contributed by atoms with Crippen LogP contribution in [0.1, 0.15) is 221 Å². The smallest absolute Gasteiger partial charge is 0.163 e. The third kappa shape index (κ3) is 10.8. The number of piperidine rings is 1. The van der Waals surface area contributed by atoms with Crippen LogP contribution in [-0.4, -0.2) is 95.2 Å². The molecule has 4 aromatic carbocycles. The first-order valence-corrected chi connectivity index (χ1v) is 37.2. The van der Waals surface area contributed by atoms with E-state index in [-0.39, 0.29) is 89.0 Å². The molecule has 10 N–H and O–H groups in total. The Bertz CT molecular complexity index is 4200. The summed E-state index contributed by atoms with van der Waals surface area (Å²) in [5.41, 5.74) is 9.75. The van der Waals surface area contributed by atoms with Crippen molar-refractivity contribution in [2.24, 2.45) is 39.9 Å². The minimum absolute atomic E-state index is 0.0222. The van der Waals surface area contributed by atoms with Gasteiger partial charge in [0.15, 0.2) is 17.3 Å².